The first-order chi connectivity index (χ1) is 12.1. The summed E-state index contributed by atoms with van der Waals surface area (Å²) in [4.78, 5) is 24.4. The Labute approximate surface area is 155 Å². The first-order valence-electron chi connectivity index (χ1n) is 8.83. The molecule has 1 unspecified atom stereocenters. The standard InChI is InChI=1S/C20H28N4O2/c1-13(2)17(22-14(3)25)19(26)23-18-16(15-10-8-7-9-11-15)12-21-24(18)20(4,5)6/h7-13,17H,1-6H3,(H,22,25)(H,23,26). The van der Waals surface area contributed by atoms with E-state index in [1.807, 2.05) is 65.0 Å². The van der Waals surface area contributed by atoms with Gasteiger partial charge in [0.2, 0.25) is 11.8 Å². The third-order valence-corrected chi connectivity index (χ3v) is 4.04. The summed E-state index contributed by atoms with van der Waals surface area (Å²) < 4.78 is 1.80. The molecule has 26 heavy (non-hydrogen) atoms. The minimum atomic E-state index is -0.612. The van der Waals surface area contributed by atoms with Crippen LogP contribution in [0.4, 0.5) is 5.82 Å². The molecule has 0 aliphatic heterocycles. The van der Waals surface area contributed by atoms with Crippen LogP contribution in [0, 0.1) is 5.92 Å². The summed E-state index contributed by atoms with van der Waals surface area (Å²) in [7, 11) is 0. The minimum absolute atomic E-state index is 0.0370. The van der Waals surface area contributed by atoms with Crippen molar-refractivity contribution in [3.63, 3.8) is 0 Å². The fraction of sp³-hybridized carbons (Fsp3) is 0.450. The van der Waals surface area contributed by atoms with Crippen molar-refractivity contribution < 1.29 is 9.59 Å². The van der Waals surface area contributed by atoms with Gasteiger partial charge in [-0.15, -0.1) is 0 Å². The summed E-state index contributed by atoms with van der Waals surface area (Å²) in [6.45, 7) is 11.3. The topological polar surface area (TPSA) is 76.0 Å². The molecule has 6 heteroatoms. The Morgan fingerprint density at radius 2 is 1.73 bits per heavy atom. The molecule has 1 aromatic heterocycles. The van der Waals surface area contributed by atoms with Crippen molar-refractivity contribution in [2.75, 3.05) is 5.32 Å². The molecule has 0 saturated heterocycles. The average Bonchev–Trinajstić information content (AvgIpc) is 2.96. The highest BCUT2D eigenvalue weighted by molar-refractivity contribution is 5.99. The highest BCUT2D eigenvalue weighted by Crippen LogP contribution is 2.31. The van der Waals surface area contributed by atoms with Gasteiger partial charge in [0, 0.05) is 12.5 Å². The zero-order valence-corrected chi connectivity index (χ0v) is 16.3. The quantitative estimate of drug-likeness (QED) is 0.862. The number of nitrogens with zero attached hydrogens (tertiary/aromatic N) is 2. The molecule has 2 rings (SSSR count). The Morgan fingerprint density at radius 3 is 2.23 bits per heavy atom. The number of hydrogen-bond donors (Lipinski definition) is 2. The molecule has 6 nitrogen and oxygen atoms in total. The summed E-state index contributed by atoms with van der Waals surface area (Å²) in [5.41, 5.74) is 1.51. The number of carbonyl (C=O) groups excluding carboxylic acids is 2. The normalized spacial score (nSPS) is 12.7. The first-order valence-corrected chi connectivity index (χ1v) is 8.83. The maximum Gasteiger partial charge on any atom is 0.248 e. The Kier molecular flexibility index (Phi) is 5.85. The van der Waals surface area contributed by atoms with E-state index in [2.05, 4.69) is 15.7 Å². The number of rotatable bonds is 5. The zero-order chi connectivity index (χ0) is 19.5. The lowest BCUT2D eigenvalue weighted by atomic mass is 10.0. The largest absolute Gasteiger partial charge is 0.344 e. The fourth-order valence-corrected chi connectivity index (χ4v) is 2.75. The molecule has 1 atom stereocenters. The van der Waals surface area contributed by atoms with Crippen molar-refractivity contribution in [3.05, 3.63) is 36.5 Å². The van der Waals surface area contributed by atoms with Crippen LogP contribution in [0.25, 0.3) is 11.1 Å². The Hall–Kier alpha value is -2.63. The maximum absolute atomic E-state index is 12.9. The van der Waals surface area contributed by atoms with Gasteiger partial charge in [0.15, 0.2) is 0 Å². The molecule has 1 heterocycles. The van der Waals surface area contributed by atoms with Crippen LogP contribution in [0.3, 0.4) is 0 Å². The van der Waals surface area contributed by atoms with Gasteiger partial charge < -0.3 is 10.6 Å². The predicted molar refractivity (Wildman–Crippen MR) is 104 cm³/mol. The number of anilines is 1. The van der Waals surface area contributed by atoms with Gasteiger partial charge in [0.25, 0.3) is 0 Å². The van der Waals surface area contributed by atoms with E-state index in [0.29, 0.717) is 5.82 Å². The van der Waals surface area contributed by atoms with Crippen LogP contribution in [-0.4, -0.2) is 27.6 Å². The lowest BCUT2D eigenvalue weighted by Crippen LogP contribution is -2.46. The van der Waals surface area contributed by atoms with E-state index in [1.54, 1.807) is 10.9 Å². The van der Waals surface area contributed by atoms with Gasteiger partial charge in [-0.05, 0) is 32.3 Å². The smallest absolute Gasteiger partial charge is 0.248 e. The van der Waals surface area contributed by atoms with Crippen LogP contribution >= 0.6 is 0 Å². The highest BCUT2D eigenvalue weighted by atomic mass is 16.2. The van der Waals surface area contributed by atoms with Crippen molar-refractivity contribution >= 4 is 17.6 Å². The molecule has 0 aliphatic carbocycles. The summed E-state index contributed by atoms with van der Waals surface area (Å²) >= 11 is 0. The van der Waals surface area contributed by atoms with Crippen molar-refractivity contribution in [3.8, 4) is 11.1 Å². The van der Waals surface area contributed by atoms with Crippen LogP contribution in [0.1, 0.15) is 41.5 Å². The molecule has 0 aliphatic rings. The van der Waals surface area contributed by atoms with E-state index in [4.69, 9.17) is 0 Å². The third kappa shape index (κ3) is 4.50. The van der Waals surface area contributed by atoms with Crippen molar-refractivity contribution in [1.29, 1.82) is 0 Å². The SMILES string of the molecule is CC(=O)NC(C(=O)Nc1c(-c2ccccc2)cnn1C(C)(C)C)C(C)C. The summed E-state index contributed by atoms with van der Waals surface area (Å²) in [6.07, 6.45) is 1.76. The Bertz CT molecular complexity index is 773. The van der Waals surface area contributed by atoms with Crippen LogP contribution in [0.5, 0.6) is 0 Å². The number of hydrogen-bond acceptors (Lipinski definition) is 3. The van der Waals surface area contributed by atoms with Crippen LogP contribution in [0.2, 0.25) is 0 Å². The minimum Gasteiger partial charge on any atom is -0.344 e. The number of aromatic nitrogens is 2. The lowest BCUT2D eigenvalue weighted by molar-refractivity contribution is -0.126. The molecule has 2 aromatic rings. The second-order valence-electron chi connectivity index (χ2n) is 7.77. The molecule has 0 radical (unpaired) electrons. The van der Waals surface area contributed by atoms with E-state index in [1.165, 1.54) is 6.92 Å². The average molecular weight is 356 g/mol. The molecular formula is C20H28N4O2. The van der Waals surface area contributed by atoms with Crippen LogP contribution in [0.15, 0.2) is 36.5 Å². The molecule has 0 spiro atoms. The van der Waals surface area contributed by atoms with Gasteiger partial charge in [-0.25, -0.2) is 4.68 Å². The molecule has 140 valence electrons. The lowest BCUT2D eigenvalue weighted by Gasteiger charge is -2.25. The zero-order valence-electron chi connectivity index (χ0n) is 16.3. The maximum atomic E-state index is 12.9. The van der Waals surface area contributed by atoms with Gasteiger partial charge in [-0.3, -0.25) is 9.59 Å². The monoisotopic (exact) mass is 356 g/mol. The molecular weight excluding hydrogens is 328 g/mol. The van der Waals surface area contributed by atoms with E-state index in [0.717, 1.165) is 11.1 Å². The van der Waals surface area contributed by atoms with Crippen LogP contribution in [-0.2, 0) is 15.1 Å². The van der Waals surface area contributed by atoms with Gasteiger partial charge in [0.05, 0.1) is 11.7 Å². The van der Waals surface area contributed by atoms with E-state index >= 15 is 0 Å². The summed E-state index contributed by atoms with van der Waals surface area (Å²) in [6, 6.07) is 9.19. The third-order valence-electron chi connectivity index (χ3n) is 4.04. The molecule has 0 fully saturated rings. The van der Waals surface area contributed by atoms with Gasteiger partial charge in [0.1, 0.15) is 11.9 Å². The molecule has 0 saturated carbocycles. The van der Waals surface area contributed by atoms with Gasteiger partial charge in [-0.2, -0.15) is 5.10 Å². The van der Waals surface area contributed by atoms with E-state index in [9.17, 15) is 9.59 Å². The number of benzene rings is 1. The second-order valence-corrected chi connectivity index (χ2v) is 7.77. The second kappa shape index (κ2) is 7.72. The Morgan fingerprint density at radius 1 is 1.12 bits per heavy atom. The Balaban J connectivity index is 2.45. The molecule has 0 bridgehead atoms. The number of nitrogens with one attached hydrogen (secondary N) is 2. The predicted octanol–water partition coefficient (Wildman–Crippen LogP) is 3.40. The summed E-state index contributed by atoms with van der Waals surface area (Å²) in [5, 5.41) is 10.2. The molecule has 2 amide bonds. The van der Waals surface area contributed by atoms with Gasteiger partial charge >= 0.3 is 0 Å². The number of amides is 2. The van der Waals surface area contributed by atoms with Crippen LogP contribution < -0.4 is 10.6 Å². The first kappa shape index (κ1) is 19.7. The molecule has 2 N–H and O–H groups in total. The van der Waals surface area contributed by atoms with Crippen molar-refractivity contribution in [2.24, 2.45) is 5.92 Å². The van der Waals surface area contributed by atoms with Gasteiger partial charge in [-0.1, -0.05) is 44.2 Å². The molecule has 1 aromatic carbocycles. The van der Waals surface area contributed by atoms with E-state index in [-0.39, 0.29) is 23.3 Å². The van der Waals surface area contributed by atoms with E-state index < -0.39 is 6.04 Å². The van der Waals surface area contributed by atoms with Crippen molar-refractivity contribution in [2.45, 2.75) is 53.1 Å². The number of carbonyl (C=O) groups is 2. The fourth-order valence-electron chi connectivity index (χ4n) is 2.75. The summed E-state index contributed by atoms with van der Waals surface area (Å²) in [5.74, 6) is 0.111. The highest BCUT2D eigenvalue weighted by Gasteiger charge is 2.28. The van der Waals surface area contributed by atoms with Crippen molar-refractivity contribution in [1.82, 2.24) is 15.1 Å².